The van der Waals surface area contributed by atoms with Crippen molar-refractivity contribution in [2.45, 2.75) is 78.1 Å². The molecule has 0 aliphatic heterocycles. The van der Waals surface area contributed by atoms with Crippen LogP contribution in [0.5, 0.6) is 0 Å². The largest absolute Gasteiger partial charge is 0.466 e. The predicted octanol–water partition coefficient (Wildman–Crippen LogP) is 4.01. The van der Waals surface area contributed by atoms with E-state index >= 15 is 0 Å². The fourth-order valence-electron chi connectivity index (χ4n) is 1.78. The van der Waals surface area contributed by atoms with E-state index in [1.165, 1.54) is 19.3 Å². The molecule has 0 radical (unpaired) electrons. The number of hydrogen-bond acceptors (Lipinski definition) is 4. The summed E-state index contributed by atoms with van der Waals surface area (Å²) in [5, 5.41) is 0. The summed E-state index contributed by atoms with van der Waals surface area (Å²) in [6.45, 7) is 5.19. The fourth-order valence-corrected chi connectivity index (χ4v) is 1.78. The third-order valence-corrected chi connectivity index (χ3v) is 3.06. The Morgan fingerprint density at radius 3 is 1.55 bits per heavy atom. The molecule has 0 aliphatic carbocycles. The van der Waals surface area contributed by atoms with E-state index in [-0.39, 0.29) is 24.8 Å². The summed E-state index contributed by atoms with van der Waals surface area (Å²) in [5.74, 6) is -0.605. The standard InChI is InChI=1S/C16H30O4/c1-3-5-7-8-10-14-20-16(18)12-11-15(17)19-13-9-6-4-2/h3-14H2,1-2H3. The first-order chi connectivity index (χ1) is 9.70. The molecule has 0 saturated carbocycles. The number of carbonyl (C=O) groups is 2. The minimum atomic E-state index is -0.305. The lowest BCUT2D eigenvalue weighted by atomic mass is 10.2. The van der Waals surface area contributed by atoms with E-state index in [2.05, 4.69) is 13.8 Å². The first-order valence-corrected chi connectivity index (χ1v) is 8.02. The Balaban J connectivity index is 3.36. The zero-order valence-corrected chi connectivity index (χ0v) is 13.1. The Hall–Kier alpha value is -1.06. The van der Waals surface area contributed by atoms with E-state index in [1.54, 1.807) is 0 Å². The quantitative estimate of drug-likeness (QED) is 0.379. The minimum Gasteiger partial charge on any atom is -0.466 e. The highest BCUT2D eigenvalue weighted by Gasteiger charge is 2.08. The van der Waals surface area contributed by atoms with Gasteiger partial charge in [0.15, 0.2) is 0 Å². The zero-order chi connectivity index (χ0) is 15.1. The average molecular weight is 286 g/mol. The van der Waals surface area contributed by atoms with E-state index < -0.39 is 0 Å². The molecule has 0 fully saturated rings. The summed E-state index contributed by atoms with van der Waals surface area (Å²) in [7, 11) is 0. The van der Waals surface area contributed by atoms with Crippen LogP contribution in [-0.4, -0.2) is 25.2 Å². The smallest absolute Gasteiger partial charge is 0.306 e. The molecule has 20 heavy (non-hydrogen) atoms. The fraction of sp³-hybridized carbons (Fsp3) is 0.875. The van der Waals surface area contributed by atoms with E-state index in [0.717, 1.165) is 32.1 Å². The molecule has 0 saturated heterocycles. The van der Waals surface area contributed by atoms with Gasteiger partial charge in [0, 0.05) is 0 Å². The van der Waals surface area contributed by atoms with Crippen LogP contribution in [0.3, 0.4) is 0 Å². The third kappa shape index (κ3) is 13.4. The van der Waals surface area contributed by atoms with E-state index in [0.29, 0.717) is 13.2 Å². The van der Waals surface area contributed by atoms with Crippen molar-refractivity contribution in [1.29, 1.82) is 0 Å². The van der Waals surface area contributed by atoms with Crippen LogP contribution in [0.1, 0.15) is 78.1 Å². The predicted molar refractivity (Wildman–Crippen MR) is 79.4 cm³/mol. The normalized spacial score (nSPS) is 10.3. The van der Waals surface area contributed by atoms with E-state index in [1.807, 2.05) is 0 Å². The maximum absolute atomic E-state index is 11.4. The van der Waals surface area contributed by atoms with Crippen LogP contribution in [0, 0.1) is 0 Å². The van der Waals surface area contributed by atoms with Crippen molar-refractivity contribution in [2.75, 3.05) is 13.2 Å². The lowest BCUT2D eigenvalue weighted by Gasteiger charge is -2.05. The Labute approximate surface area is 123 Å². The van der Waals surface area contributed by atoms with Gasteiger partial charge in [-0.05, 0) is 12.8 Å². The molecule has 0 bridgehead atoms. The molecule has 0 aliphatic rings. The number of rotatable bonds is 13. The molecule has 0 atom stereocenters. The van der Waals surface area contributed by atoms with Crippen molar-refractivity contribution >= 4 is 11.9 Å². The SMILES string of the molecule is CCCCCCCOC(=O)CCC(=O)OCCCCC. The molecule has 0 spiro atoms. The van der Waals surface area contributed by atoms with Gasteiger partial charge in [0.05, 0.1) is 26.1 Å². The van der Waals surface area contributed by atoms with Gasteiger partial charge < -0.3 is 9.47 Å². The van der Waals surface area contributed by atoms with Gasteiger partial charge in [-0.3, -0.25) is 9.59 Å². The number of unbranched alkanes of at least 4 members (excludes halogenated alkanes) is 6. The van der Waals surface area contributed by atoms with Crippen molar-refractivity contribution in [3.05, 3.63) is 0 Å². The van der Waals surface area contributed by atoms with Gasteiger partial charge in [0.25, 0.3) is 0 Å². The molecule has 4 nitrogen and oxygen atoms in total. The Bertz CT molecular complexity index is 251. The van der Waals surface area contributed by atoms with E-state index in [4.69, 9.17) is 9.47 Å². The van der Waals surface area contributed by atoms with Gasteiger partial charge in [-0.1, -0.05) is 52.4 Å². The highest BCUT2D eigenvalue weighted by Crippen LogP contribution is 2.04. The second kappa shape index (κ2) is 14.4. The van der Waals surface area contributed by atoms with E-state index in [9.17, 15) is 9.59 Å². The molecule has 0 heterocycles. The first-order valence-electron chi connectivity index (χ1n) is 8.02. The molecule has 0 unspecified atom stereocenters. The van der Waals surface area contributed by atoms with Gasteiger partial charge in [0.2, 0.25) is 0 Å². The molecule has 0 amide bonds. The monoisotopic (exact) mass is 286 g/mol. The molecular weight excluding hydrogens is 256 g/mol. The topological polar surface area (TPSA) is 52.6 Å². The lowest BCUT2D eigenvalue weighted by Crippen LogP contribution is -2.11. The van der Waals surface area contributed by atoms with Crippen molar-refractivity contribution in [3.63, 3.8) is 0 Å². The maximum atomic E-state index is 11.4. The van der Waals surface area contributed by atoms with Gasteiger partial charge >= 0.3 is 11.9 Å². The van der Waals surface area contributed by atoms with Crippen molar-refractivity contribution in [1.82, 2.24) is 0 Å². The molecule has 118 valence electrons. The minimum absolute atomic E-state index is 0.126. The van der Waals surface area contributed by atoms with Crippen LogP contribution in [0.2, 0.25) is 0 Å². The van der Waals surface area contributed by atoms with Crippen molar-refractivity contribution in [3.8, 4) is 0 Å². The van der Waals surface area contributed by atoms with Crippen LogP contribution in [0.4, 0.5) is 0 Å². The first kappa shape index (κ1) is 18.9. The van der Waals surface area contributed by atoms with Crippen LogP contribution < -0.4 is 0 Å². The average Bonchev–Trinajstić information content (AvgIpc) is 2.45. The second-order valence-electron chi connectivity index (χ2n) is 5.06. The van der Waals surface area contributed by atoms with Crippen LogP contribution in [-0.2, 0) is 19.1 Å². The summed E-state index contributed by atoms with van der Waals surface area (Å²) in [5.41, 5.74) is 0. The van der Waals surface area contributed by atoms with Gasteiger partial charge in [-0.2, -0.15) is 0 Å². The lowest BCUT2D eigenvalue weighted by molar-refractivity contribution is -0.150. The summed E-state index contributed by atoms with van der Waals surface area (Å²) < 4.78 is 10.1. The van der Waals surface area contributed by atoms with Crippen molar-refractivity contribution < 1.29 is 19.1 Å². The number of esters is 2. The Morgan fingerprint density at radius 1 is 0.650 bits per heavy atom. The Morgan fingerprint density at radius 2 is 1.05 bits per heavy atom. The van der Waals surface area contributed by atoms with Crippen molar-refractivity contribution in [2.24, 2.45) is 0 Å². The third-order valence-electron chi connectivity index (χ3n) is 3.06. The van der Waals surface area contributed by atoms with Crippen LogP contribution in [0.25, 0.3) is 0 Å². The molecule has 0 aromatic rings. The highest BCUT2D eigenvalue weighted by atomic mass is 16.5. The molecule has 0 aromatic heterocycles. The van der Waals surface area contributed by atoms with Crippen LogP contribution in [0.15, 0.2) is 0 Å². The number of ether oxygens (including phenoxy) is 2. The number of carbonyl (C=O) groups excluding carboxylic acids is 2. The number of hydrogen-bond donors (Lipinski definition) is 0. The summed E-state index contributed by atoms with van der Waals surface area (Å²) in [4.78, 5) is 22.7. The van der Waals surface area contributed by atoms with Crippen LogP contribution >= 0.6 is 0 Å². The zero-order valence-electron chi connectivity index (χ0n) is 13.1. The summed E-state index contributed by atoms with van der Waals surface area (Å²) >= 11 is 0. The van der Waals surface area contributed by atoms with Gasteiger partial charge in [0.1, 0.15) is 0 Å². The maximum Gasteiger partial charge on any atom is 0.306 e. The Kier molecular flexibility index (Phi) is 13.6. The second-order valence-corrected chi connectivity index (χ2v) is 5.06. The molecule has 0 rings (SSSR count). The van der Waals surface area contributed by atoms with Gasteiger partial charge in [-0.15, -0.1) is 0 Å². The highest BCUT2D eigenvalue weighted by molar-refractivity contribution is 5.77. The summed E-state index contributed by atoms with van der Waals surface area (Å²) in [6, 6.07) is 0. The molecule has 4 heteroatoms. The molecule has 0 N–H and O–H groups in total. The molecular formula is C16H30O4. The molecule has 0 aromatic carbocycles. The summed E-state index contributed by atoms with van der Waals surface area (Å²) in [6.07, 6.45) is 8.95. The van der Waals surface area contributed by atoms with Gasteiger partial charge in [-0.25, -0.2) is 0 Å².